The van der Waals surface area contributed by atoms with E-state index in [0.717, 1.165) is 14.8 Å². The van der Waals surface area contributed by atoms with Gasteiger partial charge in [0.1, 0.15) is 5.75 Å². The van der Waals surface area contributed by atoms with E-state index in [1.165, 1.54) is 6.92 Å². The molecular formula is C17H16INO3. The molecule has 0 radical (unpaired) electrons. The van der Waals surface area contributed by atoms with E-state index in [1.54, 1.807) is 24.3 Å². The number of ether oxygens (including phenoxy) is 1. The first-order chi connectivity index (χ1) is 10.5. The molecule has 1 N–H and O–H groups in total. The summed E-state index contributed by atoms with van der Waals surface area (Å²) in [6, 6.07) is 12.5. The molecule has 5 heteroatoms. The number of ketones is 1. The van der Waals surface area contributed by atoms with Gasteiger partial charge >= 0.3 is 0 Å². The van der Waals surface area contributed by atoms with Crippen LogP contribution in [-0.4, -0.2) is 18.3 Å². The van der Waals surface area contributed by atoms with Gasteiger partial charge in [0.25, 0.3) is 5.91 Å². The van der Waals surface area contributed by atoms with Crippen LogP contribution < -0.4 is 10.1 Å². The fraction of sp³-hybridized carbons (Fsp3) is 0.176. The molecule has 0 atom stereocenters. The van der Waals surface area contributed by atoms with Crippen molar-refractivity contribution in [3.05, 3.63) is 57.2 Å². The van der Waals surface area contributed by atoms with Gasteiger partial charge in [-0.25, -0.2) is 0 Å². The number of carbonyl (C=O) groups is 2. The quantitative estimate of drug-likeness (QED) is 0.604. The first-order valence-electron chi connectivity index (χ1n) is 6.75. The van der Waals surface area contributed by atoms with Crippen LogP contribution in [0.4, 0.5) is 5.69 Å². The zero-order valence-electron chi connectivity index (χ0n) is 12.4. The molecule has 2 aromatic rings. The summed E-state index contributed by atoms with van der Waals surface area (Å²) >= 11 is 2.22. The summed E-state index contributed by atoms with van der Waals surface area (Å²) in [5, 5.41) is 2.78. The number of rotatable bonds is 5. The third-order valence-corrected chi connectivity index (χ3v) is 4.23. The predicted molar refractivity (Wildman–Crippen MR) is 94.5 cm³/mol. The van der Waals surface area contributed by atoms with E-state index in [1.807, 2.05) is 25.1 Å². The Morgan fingerprint density at radius 2 is 1.95 bits per heavy atom. The second kappa shape index (κ2) is 7.40. The van der Waals surface area contributed by atoms with Gasteiger partial charge < -0.3 is 10.1 Å². The van der Waals surface area contributed by atoms with Crippen LogP contribution in [0.1, 0.15) is 22.8 Å². The Bertz CT molecular complexity index is 713. The van der Waals surface area contributed by atoms with Crippen molar-refractivity contribution in [2.45, 2.75) is 13.8 Å². The van der Waals surface area contributed by atoms with Crippen molar-refractivity contribution in [1.29, 1.82) is 0 Å². The number of hydrogen-bond acceptors (Lipinski definition) is 3. The van der Waals surface area contributed by atoms with E-state index < -0.39 is 0 Å². The van der Waals surface area contributed by atoms with Crippen LogP contribution in [0.15, 0.2) is 42.5 Å². The maximum Gasteiger partial charge on any atom is 0.262 e. The number of benzene rings is 2. The summed E-state index contributed by atoms with van der Waals surface area (Å²) in [7, 11) is 0. The Labute approximate surface area is 143 Å². The number of Topliss-reactive ketones (excluding diaryl/α,β-unsaturated/α-hetero) is 1. The highest BCUT2D eigenvalue weighted by molar-refractivity contribution is 14.1. The lowest BCUT2D eigenvalue weighted by molar-refractivity contribution is -0.118. The van der Waals surface area contributed by atoms with Gasteiger partial charge in [0.15, 0.2) is 12.4 Å². The molecule has 0 aliphatic heterocycles. The fourth-order valence-electron chi connectivity index (χ4n) is 1.82. The third-order valence-electron chi connectivity index (χ3n) is 3.07. The van der Waals surface area contributed by atoms with Crippen LogP contribution in [0, 0.1) is 10.5 Å². The van der Waals surface area contributed by atoms with Gasteiger partial charge in [-0.05, 0) is 66.3 Å². The van der Waals surface area contributed by atoms with Crippen molar-refractivity contribution in [1.82, 2.24) is 0 Å². The highest BCUT2D eigenvalue weighted by Gasteiger charge is 2.06. The van der Waals surface area contributed by atoms with E-state index in [2.05, 4.69) is 27.9 Å². The number of carbonyl (C=O) groups excluding carboxylic acids is 2. The Hall–Kier alpha value is -1.89. The minimum atomic E-state index is -0.243. The molecule has 0 saturated heterocycles. The lowest BCUT2D eigenvalue weighted by atomic mass is 10.1. The van der Waals surface area contributed by atoms with E-state index in [0.29, 0.717) is 11.3 Å². The number of anilines is 1. The first kappa shape index (κ1) is 16.5. The van der Waals surface area contributed by atoms with Crippen LogP contribution in [0.5, 0.6) is 5.75 Å². The molecule has 2 rings (SSSR count). The molecule has 0 aromatic heterocycles. The van der Waals surface area contributed by atoms with Crippen molar-refractivity contribution < 1.29 is 14.3 Å². The average Bonchev–Trinajstić information content (AvgIpc) is 2.49. The van der Waals surface area contributed by atoms with Crippen molar-refractivity contribution in [3.8, 4) is 5.75 Å². The third kappa shape index (κ3) is 4.56. The van der Waals surface area contributed by atoms with Gasteiger partial charge in [-0.2, -0.15) is 0 Å². The minimum absolute atomic E-state index is 0.0378. The van der Waals surface area contributed by atoms with E-state index >= 15 is 0 Å². The van der Waals surface area contributed by atoms with E-state index in [-0.39, 0.29) is 18.3 Å². The van der Waals surface area contributed by atoms with Gasteiger partial charge in [0, 0.05) is 14.8 Å². The zero-order valence-corrected chi connectivity index (χ0v) is 14.5. The highest BCUT2D eigenvalue weighted by Crippen LogP contribution is 2.17. The fourth-order valence-corrected chi connectivity index (χ4v) is 2.34. The lowest BCUT2D eigenvalue weighted by Gasteiger charge is -2.09. The zero-order chi connectivity index (χ0) is 16.1. The largest absolute Gasteiger partial charge is 0.484 e. The average molecular weight is 409 g/mol. The number of aryl methyl sites for hydroxylation is 1. The van der Waals surface area contributed by atoms with Crippen LogP contribution >= 0.6 is 22.6 Å². The molecule has 0 saturated carbocycles. The first-order valence-corrected chi connectivity index (χ1v) is 7.83. The van der Waals surface area contributed by atoms with Gasteiger partial charge in [-0.1, -0.05) is 18.2 Å². The maximum absolute atomic E-state index is 11.9. The summed E-state index contributed by atoms with van der Waals surface area (Å²) in [6.45, 7) is 3.40. The standard InChI is InChI=1S/C17H16INO3/c1-11-6-7-14(9-16(11)18)19-17(21)10-22-15-5-3-4-13(8-15)12(2)20/h3-9H,10H2,1-2H3,(H,19,21). The number of hydrogen-bond donors (Lipinski definition) is 1. The number of halogens is 1. The molecule has 0 spiro atoms. The summed E-state index contributed by atoms with van der Waals surface area (Å²) < 4.78 is 6.51. The monoisotopic (exact) mass is 409 g/mol. The normalized spacial score (nSPS) is 10.1. The van der Waals surface area contributed by atoms with Crippen LogP contribution in [-0.2, 0) is 4.79 Å². The molecule has 0 fully saturated rings. The molecular weight excluding hydrogens is 393 g/mol. The molecule has 0 bridgehead atoms. The summed E-state index contributed by atoms with van der Waals surface area (Å²) in [5.41, 5.74) is 2.46. The molecule has 114 valence electrons. The smallest absolute Gasteiger partial charge is 0.262 e. The second-order valence-corrected chi connectivity index (χ2v) is 6.05. The molecule has 22 heavy (non-hydrogen) atoms. The van der Waals surface area contributed by atoms with Crippen molar-refractivity contribution in [2.75, 3.05) is 11.9 Å². The Morgan fingerprint density at radius 3 is 2.64 bits per heavy atom. The molecule has 0 aliphatic carbocycles. The molecule has 4 nitrogen and oxygen atoms in total. The SMILES string of the molecule is CC(=O)c1cccc(OCC(=O)Nc2ccc(C)c(I)c2)c1. The van der Waals surface area contributed by atoms with Crippen LogP contribution in [0.25, 0.3) is 0 Å². The van der Waals surface area contributed by atoms with Gasteiger partial charge in [-0.3, -0.25) is 9.59 Å². The maximum atomic E-state index is 11.9. The van der Waals surface area contributed by atoms with Gasteiger partial charge in [0.2, 0.25) is 0 Å². The minimum Gasteiger partial charge on any atom is -0.484 e. The molecule has 2 aromatic carbocycles. The van der Waals surface area contributed by atoms with Crippen LogP contribution in [0.2, 0.25) is 0 Å². The van der Waals surface area contributed by atoms with Gasteiger partial charge in [0.05, 0.1) is 0 Å². The predicted octanol–water partition coefficient (Wildman–Crippen LogP) is 3.82. The lowest BCUT2D eigenvalue weighted by Crippen LogP contribution is -2.20. The topological polar surface area (TPSA) is 55.4 Å². The van der Waals surface area contributed by atoms with Crippen molar-refractivity contribution >= 4 is 40.0 Å². The van der Waals surface area contributed by atoms with E-state index in [9.17, 15) is 9.59 Å². The number of amides is 1. The number of nitrogens with one attached hydrogen (secondary N) is 1. The summed E-state index contributed by atoms with van der Waals surface area (Å²) in [4.78, 5) is 23.2. The van der Waals surface area contributed by atoms with Gasteiger partial charge in [-0.15, -0.1) is 0 Å². The van der Waals surface area contributed by atoms with Crippen molar-refractivity contribution in [3.63, 3.8) is 0 Å². The molecule has 0 heterocycles. The Kier molecular flexibility index (Phi) is 5.54. The highest BCUT2D eigenvalue weighted by atomic mass is 127. The Balaban J connectivity index is 1.94. The summed E-state index contributed by atoms with van der Waals surface area (Å²) in [5.74, 6) is 0.221. The Morgan fingerprint density at radius 1 is 1.18 bits per heavy atom. The van der Waals surface area contributed by atoms with Crippen molar-refractivity contribution in [2.24, 2.45) is 0 Å². The molecule has 0 aliphatic rings. The second-order valence-electron chi connectivity index (χ2n) is 4.88. The van der Waals surface area contributed by atoms with Crippen LogP contribution in [0.3, 0.4) is 0 Å². The molecule has 1 amide bonds. The van der Waals surface area contributed by atoms with E-state index in [4.69, 9.17) is 4.74 Å². The summed E-state index contributed by atoms with van der Waals surface area (Å²) in [6.07, 6.45) is 0. The molecule has 0 unspecified atom stereocenters.